The second-order valence-corrected chi connectivity index (χ2v) is 4.40. The molecule has 1 aromatic carbocycles. The molecule has 0 saturated carbocycles. The molecule has 1 heterocycles. The summed E-state index contributed by atoms with van der Waals surface area (Å²) in [7, 11) is 0. The van der Waals surface area contributed by atoms with Crippen LogP contribution < -0.4 is 5.32 Å². The van der Waals surface area contributed by atoms with E-state index in [4.69, 9.17) is 10.2 Å². The van der Waals surface area contributed by atoms with Crippen molar-refractivity contribution in [2.45, 2.75) is 19.5 Å². The second kappa shape index (κ2) is 6.80. The van der Waals surface area contributed by atoms with Crippen molar-refractivity contribution in [3.05, 3.63) is 41.5 Å². The molecule has 0 fully saturated rings. The van der Waals surface area contributed by atoms with Crippen LogP contribution in [0.2, 0.25) is 0 Å². The number of nitrogens with one attached hydrogen (secondary N) is 1. The Morgan fingerprint density at radius 3 is 2.95 bits per heavy atom. The molecule has 1 aromatic heterocycles. The lowest BCUT2D eigenvalue weighted by Gasteiger charge is -2.06. The summed E-state index contributed by atoms with van der Waals surface area (Å²) in [6.45, 7) is 0.839. The largest absolute Gasteiger partial charge is 0.478 e. The lowest BCUT2D eigenvalue weighted by atomic mass is 10.2. The molecular weight excluding hydrogens is 279 g/mol. The summed E-state index contributed by atoms with van der Waals surface area (Å²) in [5.41, 5.74) is 0.693. The van der Waals surface area contributed by atoms with Crippen LogP contribution in [0.4, 0.5) is 10.1 Å². The number of hydrogen-bond acceptors (Lipinski definition) is 5. The number of aromatic carboxylic acids is 1. The van der Waals surface area contributed by atoms with Gasteiger partial charge in [0.05, 0.1) is 24.0 Å². The lowest BCUT2D eigenvalue weighted by Crippen LogP contribution is -2.04. The normalized spacial score (nSPS) is 10.6. The third-order valence-corrected chi connectivity index (χ3v) is 2.80. The first-order valence-electron chi connectivity index (χ1n) is 6.36. The zero-order chi connectivity index (χ0) is 15.2. The van der Waals surface area contributed by atoms with Crippen molar-refractivity contribution >= 4 is 11.7 Å². The molecule has 0 aliphatic rings. The zero-order valence-corrected chi connectivity index (χ0v) is 11.2. The maximum Gasteiger partial charge on any atom is 0.335 e. The summed E-state index contributed by atoms with van der Waals surface area (Å²) in [4.78, 5) is 10.8. The minimum Gasteiger partial charge on any atom is -0.478 e. The Morgan fingerprint density at radius 2 is 2.24 bits per heavy atom. The molecule has 2 aromatic rings. The highest BCUT2D eigenvalue weighted by atomic mass is 19.1. The molecule has 0 aliphatic heterocycles. The molecular formula is C13H15FN4O3. The molecule has 0 atom stereocenters. The van der Waals surface area contributed by atoms with Crippen molar-refractivity contribution in [1.29, 1.82) is 0 Å². The van der Waals surface area contributed by atoms with Crippen molar-refractivity contribution < 1.29 is 19.4 Å². The van der Waals surface area contributed by atoms with Crippen molar-refractivity contribution in [3.63, 3.8) is 0 Å². The van der Waals surface area contributed by atoms with Gasteiger partial charge in [0.25, 0.3) is 0 Å². The van der Waals surface area contributed by atoms with Gasteiger partial charge in [0.1, 0.15) is 11.5 Å². The molecule has 21 heavy (non-hydrogen) atoms. The van der Waals surface area contributed by atoms with Crippen LogP contribution in [-0.2, 0) is 13.1 Å². The summed E-state index contributed by atoms with van der Waals surface area (Å²) >= 11 is 0. The Balaban J connectivity index is 2.00. The predicted octanol–water partition coefficient (Wildman–Crippen LogP) is 1.11. The van der Waals surface area contributed by atoms with Gasteiger partial charge in [-0.3, -0.25) is 4.68 Å². The molecule has 112 valence electrons. The molecule has 0 amide bonds. The number of aryl methyl sites for hydroxylation is 1. The Bertz CT molecular complexity index is 630. The van der Waals surface area contributed by atoms with Gasteiger partial charge in [0.15, 0.2) is 0 Å². The number of halogens is 1. The van der Waals surface area contributed by atoms with Crippen LogP contribution >= 0.6 is 0 Å². The summed E-state index contributed by atoms with van der Waals surface area (Å²) in [6, 6.07) is 3.53. The van der Waals surface area contributed by atoms with Crippen LogP contribution in [0, 0.1) is 5.82 Å². The number of nitrogens with zero attached hydrogens (tertiary/aromatic N) is 3. The van der Waals surface area contributed by atoms with Gasteiger partial charge >= 0.3 is 5.97 Å². The number of aliphatic hydroxyl groups is 1. The fraction of sp³-hybridized carbons (Fsp3) is 0.308. The quantitative estimate of drug-likeness (QED) is 0.707. The Morgan fingerprint density at radius 1 is 1.43 bits per heavy atom. The van der Waals surface area contributed by atoms with Gasteiger partial charge in [-0.15, -0.1) is 5.10 Å². The summed E-state index contributed by atoms with van der Waals surface area (Å²) < 4.78 is 15.2. The Labute approximate surface area is 120 Å². The van der Waals surface area contributed by atoms with E-state index in [1.54, 1.807) is 10.9 Å². The molecule has 2 rings (SSSR count). The first-order valence-corrected chi connectivity index (χ1v) is 6.36. The molecule has 0 bridgehead atoms. The maximum atomic E-state index is 13.6. The van der Waals surface area contributed by atoms with Gasteiger partial charge in [-0.1, -0.05) is 5.21 Å². The minimum atomic E-state index is -1.12. The number of aliphatic hydroxyl groups excluding tert-OH is 1. The van der Waals surface area contributed by atoms with Crippen molar-refractivity contribution in [2.24, 2.45) is 0 Å². The van der Waals surface area contributed by atoms with Crippen LogP contribution in [0.1, 0.15) is 22.5 Å². The smallest absolute Gasteiger partial charge is 0.335 e. The molecule has 3 N–H and O–H groups in total. The van der Waals surface area contributed by atoms with Crippen LogP contribution in [0.25, 0.3) is 0 Å². The van der Waals surface area contributed by atoms with E-state index in [-0.39, 0.29) is 24.4 Å². The van der Waals surface area contributed by atoms with E-state index in [1.807, 2.05) is 0 Å². The molecule has 0 unspecified atom stereocenters. The topological polar surface area (TPSA) is 100 Å². The van der Waals surface area contributed by atoms with Crippen molar-refractivity contribution in [3.8, 4) is 0 Å². The van der Waals surface area contributed by atoms with Crippen LogP contribution in [-0.4, -0.2) is 37.8 Å². The number of carbonyl (C=O) groups is 1. The molecule has 0 radical (unpaired) electrons. The van der Waals surface area contributed by atoms with E-state index in [0.717, 1.165) is 6.07 Å². The van der Waals surface area contributed by atoms with E-state index in [9.17, 15) is 9.18 Å². The van der Waals surface area contributed by atoms with Gasteiger partial charge in [-0.2, -0.15) is 0 Å². The second-order valence-electron chi connectivity index (χ2n) is 4.40. The number of rotatable bonds is 7. The van der Waals surface area contributed by atoms with E-state index in [1.165, 1.54) is 12.1 Å². The summed E-state index contributed by atoms with van der Waals surface area (Å²) in [6.07, 6.45) is 2.26. The SMILES string of the molecule is O=C(O)c1ccc(F)c(NCc2cn(CCCO)nn2)c1. The first kappa shape index (κ1) is 14.9. The molecule has 7 nitrogen and oxygen atoms in total. The number of carboxylic acids is 1. The first-order chi connectivity index (χ1) is 10.1. The Hall–Kier alpha value is -2.48. The van der Waals surface area contributed by atoms with Gasteiger partial charge < -0.3 is 15.5 Å². The van der Waals surface area contributed by atoms with E-state index < -0.39 is 11.8 Å². The molecule has 0 saturated heterocycles. The fourth-order valence-corrected chi connectivity index (χ4v) is 1.74. The van der Waals surface area contributed by atoms with Crippen molar-refractivity contribution in [1.82, 2.24) is 15.0 Å². The number of carboxylic acid groups (broad SMARTS) is 1. The third kappa shape index (κ3) is 3.99. The zero-order valence-electron chi connectivity index (χ0n) is 11.2. The molecule has 0 spiro atoms. The highest BCUT2D eigenvalue weighted by Gasteiger charge is 2.09. The van der Waals surface area contributed by atoms with Gasteiger partial charge in [0.2, 0.25) is 0 Å². The third-order valence-electron chi connectivity index (χ3n) is 2.80. The number of anilines is 1. The standard InChI is InChI=1S/C13H15FN4O3/c14-11-3-2-9(13(20)21)6-12(11)15-7-10-8-18(17-16-10)4-1-5-19/h2-3,6,8,15,19H,1,4-5,7H2,(H,20,21). The average molecular weight is 294 g/mol. The lowest BCUT2D eigenvalue weighted by molar-refractivity contribution is 0.0697. The van der Waals surface area contributed by atoms with E-state index in [2.05, 4.69) is 15.6 Å². The molecule has 8 heteroatoms. The highest BCUT2D eigenvalue weighted by Crippen LogP contribution is 2.17. The summed E-state index contributed by atoms with van der Waals surface area (Å²) in [5, 5.41) is 28.2. The molecule has 0 aliphatic carbocycles. The van der Waals surface area contributed by atoms with E-state index in [0.29, 0.717) is 18.7 Å². The van der Waals surface area contributed by atoms with Crippen LogP contribution in [0.5, 0.6) is 0 Å². The fourth-order valence-electron chi connectivity index (χ4n) is 1.74. The van der Waals surface area contributed by atoms with Gasteiger partial charge in [0, 0.05) is 13.2 Å². The number of benzene rings is 1. The van der Waals surface area contributed by atoms with Gasteiger partial charge in [-0.25, -0.2) is 9.18 Å². The van der Waals surface area contributed by atoms with Crippen LogP contribution in [0.3, 0.4) is 0 Å². The van der Waals surface area contributed by atoms with E-state index >= 15 is 0 Å². The monoisotopic (exact) mass is 294 g/mol. The average Bonchev–Trinajstić information content (AvgIpc) is 2.92. The number of hydrogen-bond donors (Lipinski definition) is 3. The van der Waals surface area contributed by atoms with Crippen molar-refractivity contribution in [2.75, 3.05) is 11.9 Å². The Kier molecular flexibility index (Phi) is 4.83. The van der Waals surface area contributed by atoms with Gasteiger partial charge in [-0.05, 0) is 24.6 Å². The highest BCUT2D eigenvalue weighted by molar-refractivity contribution is 5.88. The maximum absolute atomic E-state index is 13.6. The summed E-state index contributed by atoms with van der Waals surface area (Å²) in [5.74, 6) is -1.65. The minimum absolute atomic E-state index is 0.00509. The van der Waals surface area contributed by atoms with Crippen LogP contribution in [0.15, 0.2) is 24.4 Å². The predicted molar refractivity (Wildman–Crippen MR) is 72.4 cm³/mol. The number of aromatic nitrogens is 3.